The highest BCUT2D eigenvalue weighted by atomic mass is 32.2. The maximum absolute atomic E-state index is 13.0. The van der Waals surface area contributed by atoms with Crippen molar-refractivity contribution in [2.24, 2.45) is 0 Å². The van der Waals surface area contributed by atoms with Crippen molar-refractivity contribution in [3.63, 3.8) is 0 Å². The summed E-state index contributed by atoms with van der Waals surface area (Å²) < 4.78 is 59.6. The summed E-state index contributed by atoms with van der Waals surface area (Å²) in [6.07, 6.45) is 0. The van der Waals surface area contributed by atoms with E-state index in [1.165, 1.54) is 0 Å². The van der Waals surface area contributed by atoms with Crippen molar-refractivity contribution in [1.29, 1.82) is 0 Å². The molecule has 0 spiro atoms. The van der Waals surface area contributed by atoms with Crippen molar-refractivity contribution < 1.29 is 31.0 Å². The van der Waals surface area contributed by atoms with Crippen LogP contribution in [0.4, 0.5) is 8.78 Å². The van der Waals surface area contributed by atoms with Gasteiger partial charge >= 0.3 is 21.3 Å². The molecule has 0 radical (unpaired) electrons. The molecule has 5 nitrogen and oxygen atoms in total. The molecule has 0 aliphatic carbocycles. The summed E-state index contributed by atoms with van der Waals surface area (Å²) >= 11 is 0. The fraction of sp³-hybridized carbons (Fsp3) is 0.875. The van der Waals surface area contributed by atoms with Crippen LogP contribution >= 0.6 is 0 Å². The Balaban J connectivity index is 5.11. The molecule has 0 aromatic rings. The van der Waals surface area contributed by atoms with Crippen LogP contribution < -0.4 is 0 Å². The van der Waals surface area contributed by atoms with Crippen molar-refractivity contribution in [3.8, 4) is 0 Å². The maximum Gasteiger partial charge on any atom is 0.464 e. The van der Waals surface area contributed by atoms with Gasteiger partial charge in [0.15, 0.2) is 0 Å². The summed E-state index contributed by atoms with van der Waals surface area (Å²) in [5, 5.41) is -4.90. The Morgan fingerprint density at radius 1 is 1.24 bits per heavy atom. The van der Waals surface area contributed by atoms with Gasteiger partial charge in [0.25, 0.3) is 8.32 Å². The van der Waals surface area contributed by atoms with Gasteiger partial charge in [-0.05, 0) is 18.1 Å². The summed E-state index contributed by atoms with van der Waals surface area (Å²) in [4.78, 5) is 11.1. The zero-order chi connectivity index (χ0) is 13.9. The zero-order valence-electron chi connectivity index (χ0n) is 9.87. The van der Waals surface area contributed by atoms with E-state index in [1.54, 1.807) is 20.8 Å². The highest BCUT2D eigenvalue weighted by molar-refractivity contribution is 7.87. The SMILES string of the molecule is CC[Si](CC)(CC)OC(=O)C(F)(F)S(=O)(=O)O. The molecule has 0 aromatic carbocycles. The highest BCUT2D eigenvalue weighted by Crippen LogP contribution is 2.28. The van der Waals surface area contributed by atoms with Crippen LogP contribution in [0.15, 0.2) is 0 Å². The summed E-state index contributed by atoms with van der Waals surface area (Å²) in [7, 11) is -8.46. The topological polar surface area (TPSA) is 80.7 Å². The zero-order valence-corrected chi connectivity index (χ0v) is 11.7. The molecule has 0 amide bonds. The Labute approximate surface area is 100 Å². The van der Waals surface area contributed by atoms with Gasteiger partial charge in [0.2, 0.25) is 0 Å². The van der Waals surface area contributed by atoms with Crippen molar-refractivity contribution >= 4 is 24.4 Å². The minimum Gasteiger partial charge on any atom is -0.514 e. The Morgan fingerprint density at radius 3 is 1.82 bits per heavy atom. The highest BCUT2D eigenvalue weighted by Gasteiger charge is 2.55. The molecule has 9 heteroatoms. The Bertz CT molecular complexity index is 369. The first kappa shape index (κ1) is 16.5. The molecular weight excluding hydrogens is 274 g/mol. The molecule has 0 aromatic heterocycles. The average Bonchev–Trinajstić information content (AvgIpc) is 2.24. The fourth-order valence-corrected chi connectivity index (χ4v) is 4.11. The Kier molecular flexibility index (Phi) is 5.23. The van der Waals surface area contributed by atoms with Crippen molar-refractivity contribution in [2.75, 3.05) is 0 Å². The van der Waals surface area contributed by atoms with E-state index >= 15 is 0 Å². The van der Waals surface area contributed by atoms with E-state index in [4.69, 9.17) is 4.55 Å². The first-order valence-corrected chi connectivity index (χ1v) is 9.11. The number of hydrogen-bond donors (Lipinski definition) is 1. The van der Waals surface area contributed by atoms with E-state index in [2.05, 4.69) is 4.43 Å². The Hall–Kier alpha value is -0.543. The van der Waals surface area contributed by atoms with Gasteiger partial charge < -0.3 is 4.43 Å². The third-order valence-corrected chi connectivity index (χ3v) is 8.10. The summed E-state index contributed by atoms with van der Waals surface area (Å²) in [5.41, 5.74) is 0. The lowest BCUT2D eigenvalue weighted by Crippen LogP contribution is -2.47. The van der Waals surface area contributed by atoms with E-state index < -0.39 is 29.7 Å². The molecule has 17 heavy (non-hydrogen) atoms. The minimum atomic E-state index is -5.78. The molecule has 0 rings (SSSR count). The molecule has 0 bridgehead atoms. The van der Waals surface area contributed by atoms with Gasteiger partial charge in [-0.2, -0.15) is 17.2 Å². The summed E-state index contributed by atoms with van der Waals surface area (Å²) in [6, 6.07) is 1.23. The second-order valence-corrected chi connectivity index (χ2v) is 9.78. The molecule has 0 saturated carbocycles. The molecule has 0 saturated heterocycles. The maximum atomic E-state index is 13.0. The lowest BCUT2D eigenvalue weighted by atomic mass is 10.7. The van der Waals surface area contributed by atoms with Gasteiger partial charge in [0, 0.05) is 0 Å². The third-order valence-electron chi connectivity index (χ3n) is 2.80. The number of alkyl halides is 2. The van der Waals surface area contributed by atoms with Gasteiger partial charge in [-0.15, -0.1) is 0 Å². The van der Waals surface area contributed by atoms with Crippen LogP contribution in [0.3, 0.4) is 0 Å². The van der Waals surface area contributed by atoms with Crippen LogP contribution in [0.1, 0.15) is 20.8 Å². The first-order chi connectivity index (χ1) is 7.56. The standard InChI is InChI=1S/C8H16F2O5SSi/c1-4-17(5-2,6-3)15-7(11)8(9,10)16(12,13)14/h4-6H2,1-3H3,(H,12,13,14). The molecule has 0 atom stereocenters. The largest absolute Gasteiger partial charge is 0.514 e. The molecule has 0 heterocycles. The number of carbonyl (C=O) groups excluding carboxylic acids is 1. The van der Waals surface area contributed by atoms with E-state index in [-0.39, 0.29) is 0 Å². The molecule has 0 aliphatic heterocycles. The minimum absolute atomic E-state index is 0.410. The van der Waals surface area contributed by atoms with Gasteiger partial charge in [-0.1, -0.05) is 20.8 Å². The quantitative estimate of drug-likeness (QED) is 0.598. The Morgan fingerprint density at radius 2 is 1.59 bits per heavy atom. The van der Waals surface area contributed by atoms with Gasteiger partial charge in [0.1, 0.15) is 0 Å². The molecule has 1 N–H and O–H groups in total. The van der Waals surface area contributed by atoms with E-state index in [0.717, 1.165) is 0 Å². The third kappa shape index (κ3) is 3.46. The lowest BCUT2D eigenvalue weighted by molar-refractivity contribution is -0.152. The van der Waals surface area contributed by atoms with Crippen LogP contribution in [0.2, 0.25) is 18.1 Å². The predicted octanol–water partition coefficient (Wildman–Crippen LogP) is 2.02. The van der Waals surface area contributed by atoms with Crippen LogP contribution in [0.5, 0.6) is 0 Å². The number of carbonyl (C=O) groups is 1. The van der Waals surface area contributed by atoms with Gasteiger partial charge in [-0.25, -0.2) is 4.79 Å². The van der Waals surface area contributed by atoms with Gasteiger partial charge in [-0.3, -0.25) is 4.55 Å². The lowest BCUT2D eigenvalue weighted by Gasteiger charge is -2.28. The van der Waals surface area contributed by atoms with E-state index in [1.807, 2.05) is 0 Å². The van der Waals surface area contributed by atoms with Crippen molar-refractivity contribution in [3.05, 3.63) is 0 Å². The second kappa shape index (κ2) is 5.40. The van der Waals surface area contributed by atoms with Gasteiger partial charge in [0.05, 0.1) is 0 Å². The summed E-state index contributed by atoms with van der Waals surface area (Å²) in [5.74, 6) is -2.18. The molecular formula is C8H16F2O5SSi. The molecule has 0 unspecified atom stereocenters. The average molecular weight is 290 g/mol. The molecule has 0 aliphatic rings. The second-order valence-electron chi connectivity index (χ2n) is 3.63. The normalized spacial score (nSPS) is 13.5. The predicted molar refractivity (Wildman–Crippen MR) is 59.8 cm³/mol. The number of halogens is 2. The molecule has 0 fully saturated rings. The number of rotatable bonds is 6. The van der Waals surface area contributed by atoms with Crippen LogP contribution in [0.25, 0.3) is 0 Å². The fourth-order valence-electron chi connectivity index (χ4n) is 1.33. The summed E-state index contributed by atoms with van der Waals surface area (Å²) in [6.45, 7) is 5.08. The van der Waals surface area contributed by atoms with Crippen molar-refractivity contribution in [2.45, 2.75) is 44.2 Å². The van der Waals surface area contributed by atoms with Crippen LogP contribution in [-0.2, 0) is 19.3 Å². The van der Waals surface area contributed by atoms with E-state index in [9.17, 15) is 22.0 Å². The van der Waals surface area contributed by atoms with Crippen molar-refractivity contribution in [1.82, 2.24) is 0 Å². The van der Waals surface area contributed by atoms with E-state index in [0.29, 0.717) is 18.1 Å². The smallest absolute Gasteiger partial charge is 0.464 e. The number of hydrogen-bond acceptors (Lipinski definition) is 4. The monoisotopic (exact) mass is 290 g/mol. The van der Waals surface area contributed by atoms with Crippen LogP contribution in [0, 0.1) is 0 Å². The molecule has 102 valence electrons. The van der Waals surface area contributed by atoms with Crippen LogP contribution in [-0.4, -0.2) is 32.5 Å². The first-order valence-electron chi connectivity index (χ1n) is 5.14.